The number of carbonyl (C=O) groups excluding carboxylic acids is 1. The molecule has 1 aromatic heterocycles. The van der Waals surface area contributed by atoms with E-state index >= 15 is 0 Å². The van der Waals surface area contributed by atoms with Gasteiger partial charge in [0.15, 0.2) is 0 Å². The molecule has 0 aliphatic carbocycles. The third-order valence-corrected chi connectivity index (χ3v) is 8.17. The molecule has 1 atom stereocenters. The number of anilines is 1. The van der Waals surface area contributed by atoms with Crippen molar-refractivity contribution in [2.75, 3.05) is 43.9 Å². The number of carbonyl (C=O) groups is 1. The zero-order chi connectivity index (χ0) is 28.3. The molecule has 7 nitrogen and oxygen atoms in total. The summed E-state index contributed by atoms with van der Waals surface area (Å²) >= 11 is 8.20. The minimum Gasteiger partial charge on any atom is -0.350 e. The number of nitrogens with one attached hydrogen (secondary N) is 1. The van der Waals surface area contributed by atoms with Gasteiger partial charge in [0.25, 0.3) is 0 Å². The van der Waals surface area contributed by atoms with Crippen LogP contribution in [0.1, 0.15) is 20.3 Å². The Morgan fingerprint density at radius 1 is 1.28 bits per heavy atom. The van der Waals surface area contributed by atoms with Crippen LogP contribution >= 0.6 is 23.4 Å². The number of benzene rings is 2. The lowest BCUT2D eigenvalue weighted by Crippen LogP contribution is -2.54. The Labute approximate surface area is 235 Å². The molecule has 0 spiro atoms. The molecule has 1 fully saturated rings. The van der Waals surface area contributed by atoms with Crippen LogP contribution in [0.5, 0.6) is 0 Å². The van der Waals surface area contributed by atoms with E-state index in [-0.39, 0.29) is 17.5 Å². The first-order chi connectivity index (χ1) is 18.7. The number of aromatic nitrogens is 2. The van der Waals surface area contributed by atoms with Crippen molar-refractivity contribution in [2.45, 2.75) is 37.8 Å². The molecule has 0 radical (unpaired) electrons. The molecule has 3 aromatic rings. The van der Waals surface area contributed by atoms with E-state index in [1.54, 1.807) is 15.5 Å². The predicted octanol–water partition coefficient (Wildman–Crippen LogP) is 4.94. The second kappa shape index (κ2) is 12.5. The van der Waals surface area contributed by atoms with Gasteiger partial charge in [-0.05, 0) is 51.2 Å². The molecule has 2 aromatic carbocycles. The van der Waals surface area contributed by atoms with E-state index in [0.29, 0.717) is 64.1 Å². The highest BCUT2D eigenvalue weighted by Gasteiger charge is 2.31. The topological polar surface area (TPSA) is 70.5 Å². The average Bonchev–Trinajstić information content (AvgIpc) is 2.91. The second-order valence-corrected chi connectivity index (χ2v) is 10.9. The largest absolute Gasteiger partial charge is 0.350 e. The summed E-state index contributed by atoms with van der Waals surface area (Å²) in [6.45, 7) is 10.7. The number of amides is 1. The standard InChI is InChI=1S/C24H21ClF2N4O2S.C4H11N/c1-3-19(32)29-6-7-30(13(2)12-29)23-16-11-17(25)20(15-5-4-14(26)10-18(15)27)22-21(16)31(8-9-34-22)24(33)28-23;1-3-4-5-2/h3-5,10-11,13H,1,6-9,12H2,2H3;5H,3-4H2,1-2H3. The molecule has 2 aliphatic rings. The van der Waals surface area contributed by atoms with Gasteiger partial charge in [-0.2, -0.15) is 4.98 Å². The molecule has 1 N–H and O–H groups in total. The van der Waals surface area contributed by atoms with E-state index in [9.17, 15) is 18.4 Å². The van der Waals surface area contributed by atoms with E-state index in [0.717, 1.165) is 12.6 Å². The summed E-state index contributed by atoms with van der Waals surface area (Å²) in [7, 11) is 1.96. The number of hydrogen-bond donors (Lipinski definition) is 1. The van der Waals surface area contributed by atoms with Gasteiger partial charge in [0.1, 0.15) is 17.5 Å². The van der Waals surface area contributed by atoms with Crippen molar-refractivity contribution < 1.29 is 13.6 Å². The molecule has 0 bridgehead atoms. The maximum absolute atomic E-state index is 14.7. The number of piperazine rings is 1. The summed E-state index contributed by atoms with van der Waals surface area (Å²) in [5.41, 5.74) is 0.871. The number of hydrogen-bond acceptors (Lipinski definition) is 6. The summed E-state index contributed by atoms with van der Waals surface area (Å²) < 4.78 is 29.9. The molecule has 208 valence electrons. The number of aryl methyl sites for hydroxylation is 1. The van der Waals surface area contributed by atoms with Crippen LogP contribution in [0.25, 0.3) is 22.0 Å². The molecule has 1 unspecified atom stereocenters. The van der Waals surface area contributed by atoms with Crippen molar-refractivity contribution >= 4 is 46.0 Å². The number of rotatable bonds is 5. The molecule has 1 saturated heterocycles. The third-order valence-electron chi connectivity index (χ3n) is 6.80. The van der Waals surface area contributed by atoms with Crippen LogP contribution in [0.15, 0.2) is 46.6 Å². The van der Waals surface area contributed by atoms with E-state index in [1.807, 2.05) is 18.9 Å². The molecular weight excluding hydrogens is 544 g/mol. The minimum absolute atomic E-state index is 0.101. The predicted molar refractivity (Wildman–Crippen MR) is 155 cm³/mol. The molecular formula is C28H32ClF2N5O2S. The molecule has 11 heteroatoms. The van der Waals surface area contributed by atoms with Gasteiger partial charge in [-0.1, -0.05) is 25.1 Å². The van der Waals surface area contributed by atoms with Crippen molar-refractivity contribution in [1.29, 1.82) is 0 Å². The molecule has 5 rings (SSSR count). The highest BCUT2D eigenvalue weighted by molar-refractivity contribution is 7.99. The zero-order valence-corrected chi connectivity index (χ0v) is 23.8. The lowest BCUT2D eigenvalue weighted by Gasteiger charge is -2.40. The molecule has 1 amide bonds. The SMILES string of the molecule is C=CC(=O)N1CCN(c2nc(=O)n3c4c(c(-c5ccc(F)cc5F)c(Cl)cc24)SCC3)C(C)C1.CCCNC. The van der Waals surface area contributed by atoms with Crippen molar-refractivity contribution in [3.8, 4) is 11.1 Å². The maximum atomic E-state index is 14.7. The Bertz CT molecular complexity index is 1460. The van der Waals surface area contributed by atoms with E-state index in [2.05, 4.69) is 23.8 Å². The van der Waals surface area contributed by atoms with Crippen LogP contribution in [0.3, 0.4) is 0 Å². The molecule has 3 heterocycles. The van der Waals surface area contributed by atoms with Gasteiger partial charge in [0.05, 0.1) is 10.5 Å². The van der Waals surface area contributed by atoms with Crippen molar-refractivity contribution in [3.05, 3.63) is 64.1 Å². The van der Waals surface area contributed by atoms with E-state index in [1.165, 1.54) is 36.4 Å². The van der Waals surface area contributed by atoms with Crippen LogP contribution < -0.4 is 15.9 Å². The quantitative estimate of drug-likeness (QED) is 0.435. The lowest BCUT2D eigenvalue weighted by atomic mass is 10.0. The Balaban J connectivity index is 0.000000648. The van der Waals surface area contributed by atoms with Gasteiger partial charge in [0.2, 0.25) is 5.91 Å². The number of nitrogens with zero attached hydrogens (tertiary/aromatic N) is 4. The number of thioether (sulfide) groups is 1. The fourth-order valence-electron chi connectivity index (χ4n) is 4.96. The number of halogens is 3. The van der Waals surface area contributed by atoms with Gasteiger partial charge in [-0.25, -0.2) is 13.6 Å². The third kappa shape index (κ3) is 5.83. The van der Waals surface area contributed by atoms with Crippen LogP contribution in [0, 0.1) is 11.6 Å². The summed E-state index contributed by atoms with van der Waals surface area (Å²) in [4.78, 5) is 33.9. The minimum atomic E-state index is -0.719. The van der Waals surface area contributed by atoms with Crippen LogP contribution in [-0.4, -0.2) is 65.4 Å². The maximum Gasteiger partial charge on any atom is 0.350 e. The summed E-state index contributed by atoms with van der Waals surface area (Å²) in [6, 6.07) is 4.99. The molecule has 2 aliphatic heterocycles. The van der Waals surface area contributed by atoms with Crippen molar-refractivity contribution in [2.24, 2.45) is 0 Å². The second-order valence-electron chi connectivity index (χ2n) is 9.44. The summed E-state index contributed by atoms with van der Waals surface area (Å²) in [6.07, 6.45) is 2.53. The zero-order valence-electron chi connectivity index (χ0n) is 22.3. The van der Waals surface area contributed by atoms with Crippen molar-refractivity contribution in [3.63, 3.8) is 0 Å². The van der Waals surface area contributed by atoms with Gasteiger partial charge in [0, 0.05) is 65.4 Å². The smallest absolute Gasteiger partial charge is 0.350 e. The first kappa shape index (κ1) is 29.0. The normalized spacial score (nSPS) is 16.6. The van der Waals surface area contributed by atoms with Crippen LogP contribution in [0.4, 0.5) is 14.6 Å². The van der Waals surface area contributed by atoms with Crippen molar-refractivity contribution in [1.82, 2.24) is 19.8 Å². The van der Waals surface area contributed by atoms with Crippen LogP contribution in [-0.2, 0) is 11.3 Å². The van der Waals surface area contributed by atoms with Gasteiger partial charge >= 0.3 is 5.69 Å². The highest BCUT2D eigenvalue weighted by atomic mass is 35.5. The Morgan fingerprint density at radius 2 is 2.05 bits per heavy atom. The Kier molecular flexibility index (Phi) is 9.30. The van der Waals surface area contributed by atoms with Gasteiger partial charge < -0.3 is 15.1 Å². The first-order valence-electron chi connectivity index (χ1n) is 12.9. The summed E-state index contributed by atoms with van der Waals surface area (Å²) in [5, 5.41) is 4.00. The first-order valence-corrected chi connectivity index (χ1v) is 14.3. The Hall–Kier alpha value is -2.95. The monoisotopic (exact) mass is 575 g/mol. The van der Waals surface area contributed by atoms with Gasteiger partial charge in [-0.15, -0.1) is 11.8 Å². The Morgan fingerprint density at radius 3 is 2.67 bits per heavy atom. The van der Waals surface area contributed by atoms with Crippen LogP contribution in [0.2, 0.25) is 5.02 Å². The fourth-order valence-corrected chi connectivity index (χ4v) is 6.52. The van der Waals surface area contributed by atoms with E-state index < -0.39 is 17.3 Å². The van der Waals surface area contributed by atoms with Gasteiger partial charge in [-0.3, -0.25) is 9.36 Å². The lowest BCUT2D eigenvalue weighted by molar-refractivity contribution is -0.126. The highest BCUT2D eigenvalue weighted by Crippen LogP contribution is 2.46. The molecule has 0 saturated carbocycles. The fraction of sp³-hybridized carbons (Fsp3) is 0.393. The summed E-state index contributed by atoms with van der Waals surface area (Å²) in [5.74, 6) is -0.444. The van der Waals surface area contributed by atoms with E-state index in [4.69, 9.17) is 11.6 Å². The molecule has 39 heavy (non-hydrogen) atoms. The average molecular weight is 576 g/mol.